The third-order valence-corrected chi connectivity index (χ3v) is 1.96. The third-order valence-electron chi connectivity index (χ3n) is 1.96. The molecule has 0 bridgehead atoms. The molecule has 0 fully saturated rings. The fraction of sp³-hybridized carbons (Fsp3) is 0.273. The number of hydrogen-bond donors (Lipinski definition) is 2. The molecule has 0 saturated carbocycles. The molecule has 0 radical (unpaired) electrons. The zero-order chi connectivity index (χ0) is 11.8. The molecule has 5 nitrogen and oxygen atoms in total. The lowest BCUT2D eigenvalue weighted by atomic mass is 10.2. The Labute approximate surface area is 93.6 Å². The van der Waals surface area contributed by atoms with Gasteiger partial charge < -0.3 is 4.74 Å². The van der Waals surface area contributed by atoms with Crippen LogP contribution in [0, 0.1) is 0 Å². The van der Waals surface area contributed by atoms with E-state index >= 15 is 0 Å². The van der Waals surface area contributed by atoms with Gasteiger partial charge in [0.25, 0.3) is 0 Å². The molecule has 1 aromatic carbocycles. The van der Waals surface area contributed by atoms with Crippen LogP contribution in [0.4, 0.5) is 0 Å². The van der Waals surface area contributed by atoms with Crippen LogP contribution in [-0.4, -0.2) is 11.9 Å². The van der Waals surface area contributed by atoms with Gasteiger partial charge in [0.05, 0.1) is 6.42 Å². The van der Waals surface area contributed by atoms with Crippen LogP contribution in [0.2, 0.25) is 0 Å². The Kier molecular flexibility index (Phi) is 5.01. The zero-order valence-corrected chi connectivity index (χ0v) is 8.81. The van der Waals surface area contributed by atoms with Crippen LogP contribution < -0.4 is 11.3 Å². The van der Waals surface area contributed by atoms with Crippen molar-refractivity contribution in [2.75, 3.05) is 0 Å². The summed E-state index contributed by atoms with van der Waals surface area (Å²) in [7, 11) is 0. The predicted octanol–water partition coefficient (Wildman–Crippen LogP) is 0.500. The summed E-state index contributed by atoms with van der Waals surface area (Å²) >= 11 is 0. The monoisotopic (exact) mass is 222 g/mol. The van der Waals surface area contributed by atoms with Crippen molar-refractivity contribution in [3.05, 3.63) is 35.9 Å². The minimum absolute atomic E-state index is 0.0376. The number of nitrogens with two attached hydrogens (primary N) is 1. The van der Waals surface area contributed by atoms with Crippen molar-refractivity contribution in [3.8, 4) is 0 Å². The highest BCUT2D eigenvalue weighted by Crippen LogP contribution is 2.02. The minimum Gasteiger partial charge on any atom is -0.461 e. The highest BCUT2D eigenvalue weighted by Gasteiger charge is 2.06. The first-order chi connectivity index (χ1) is 7.72. The van der Waals surface area contributed by atoms with Gasteiger partial charge in [0.1, 0.15) is 6.61 Å². The number of ether oxygens (including phenoxy) is 1. The second-order valence-corrected chi connectivity index (χ2v) is 3.21. The number of carbonyl (C=O) groups is 2. The van der Waals surface area contributed by atoms with Gasteiger partial charge in [0, 0.05) is 6.42 Å². The zero-order valence-electron chi connectivity index (χ0n) is 8.81. The van der Waals surface area contributed by atoms with Crippen molar-refractivity contribution in [1.82, 2.24) is 5.43 Å². The SMILES string of the molecule is NNC(=O)CCC(=O)OCc1ccccc1. The van der Waals surface area contributed by atoms with Gasteiger partial charge >= 0.3 is 5.97 Å². The molecule has 0 heterocycles. The number of benzene rings is 1. The first-order valence-corrected chi connectivity index (χ1v) is 4.91. The van der Waals surface area contributed by atoms with E-state index in [-0.39, 0.29) is 25.4 Å². The minimum atomic E-state index is -0.410. The molecule has 0 aliphatic rings. The molecule has 1 amide bonds. The topological polar surface area (TPSA) is 81.4 Å². The van der Waals surface area contributed by atoms with Gasteiger partial charge in [-0.3, -0.25) is 15.0 Å². The van der Waals surface area contributed by atoms with Crippen LogP contribution in [-0.2, 0) is 20.9 Å². The summed E-state index contributed by atoms with van der Waals surface area (Å²) in [6, 6.07) is 9.34. The molecular weight excluding hydrogens is 208 g/mol. The quantitative estimate of drug-likeness (QED) is 0.329. The van der Waals surface area contributed by atoms with Crippen LogP contribution in [0.1, 0.15) is 18.4 Å². The predicted molar refractivity (Wildman–Crippen MR) is 57.8 cm³/mol. The number of carbonyl (C=O) groups excluding carboxylic acids is 2. The summed E-state index contributed by atoms with van der Waals surface area (Å²) < 4.78 is 4.96. The van der Waals surface area contributed by atoms with E-state index in [9.17, 15) is 9.59 Å². The Morgan fingerprint density at radius 3 is 2.50 bits per heavy atom. The van der Waals surface area contributed by atoms with E-state index in [0.717, 1.165) is 5.56 Å². The highest BCUT2D eigenvalue weighted by molar-refractivity contribution is 5.80. The molecule has 0 saturated heterocycles. The lowest BCUT2D eigenvalue weighted by molar-refractivity contribution is -0.146. The molecule has 5 heteroatoms. The van der Waals surface area contributed by atoms with Gasteiger partial charge in [-0.05, 0) is 5.56 Å². The van der Waals surface area contributed by atoms with E-state index in [2.05, 4.69) is 0 Å². The molecule has 1 aromatic rings. The van der Waals surface area contributed by atoms with Crippen LogP contribution >= 0.6 is 0 Å². The smallest absolute Gasteiger partial charge is 0.306 e. The largest absolute Gasteiger partial charge is 0.461 e. The number of hydrogen-bond acceptors (Lipinski definition) is 4. The molecule has 0 atom stereocenters. The van der Waals surface area contributed by atoms with E-state index in [4.69, 9.17) is 10.6 Å². The Morgan fingerprint density at radius 1 is 1.19 bits per heavy atom. The molecule has 1 rings (SSSR count). The molecule has 0 aliphatic heterocycles. The van der Waals surface area contributed by atoms with Crippen molar-refractivity contribution in [2.24, 2.45) is 5.84 Å². The Hall–Kier alpha value is -1.88. The Bertz CT molecular complexity index is 352. The van der Waals surface area contributed by atoms with E-state index < -0.39 is 5.97 Å². The van der Waals surface area contributed by atoms with Crippen LogP contribution in [0.15, 0.2) is 30.3 Å². The number of rotatable bonds is 5. The number of nitrogens with one attached hydrogen (secondary N) is 1. The lowest BCUT2D eigenvalue weighted by Crippen LogP contribution is -2.30. The molecule has 3 N–H and O–H groups in total. The van der Waals surface area contributed by atoms with Gasteiger partial charge in [0.15, 0.2) is 0 Å². The number of esters is 1. The van der Waals surface area contributed by atoms with E-state index in [1.807, 2.05) is 35.8 Å². The summed E-state index contributed by atoms with van der Waals surface area (Å²) in [5.41, 5.74) is 2.86. The maximum Gasteiger partial charge on any atom is 0.306 e. The fourth-order valence-electron chi connectivity index (χ4n) is 1.10. The van der Waals surface area contributed by atoms with Crippen molar-refractivity contribution in [1.29, 1.82) is 0 Å². The van der Waals surface area contributed by atoms with Gasteiger partial charge in [-0.25, -0.2) is 5.84 Å². The van der Waals surface area contributed by atoms with Gasteiger partial charge in [-0.1, -0.05) is 30.3 Å². The number of amides is 1. The van der Waals surface area contributed by atoms with Crippen molar-refractivity contribution in [3.63, 3.8) is 0 Å². The normalized spacial score (nSPS) is 9.56. The van der Waals surface area contributed by atoms with E-state index in [1.165, 1.54) is 0 Å². The first kappa shape index (κ1) is 12.2. The van der Waals surface area contributed by atoms with Crippen LogP contribution in [0.3, 0.4) is 0 Å². The average molecular weight is 222 g/mol. The second kappa shape index (κ2) is 6.58. The van der Waals surface area contributed by atoms with Gasteiger partial charge in [-0.15, -0.1) is 0 Å². The van der Waals surface area contributed by atoms with Crippen LogP contribution in [0.5, 0.6) is 0 Å². The standard InChI is InChI=1S/C11H14N2O3/c12-13-10(14)6-7-11(15)16-8-9-4-2-1-3-5-9/h1-5H,6-8,12H2,(H,13,14). The average Bonchev–Trinajstić information content (AvgIpc) is 2.34. The van der Waals surface area contributed by atoms with Crippen molar-refractivity contribution < 1.29 is 14.3 Å². The summed E-state index contributed by atoms with van der Waals surface area (Å²) in [4.78, 5) is 21.9. The molecule has 16 heavy (non-hydrogen) atoms. The summed E-state index contributed by atoms with van der Waals surface area (Å²) in [5.74, 6) is 4.08. The first-order valence-electron chi connectivity index (χ1n) is 4.91. The fourth-order valence-corrected chi connectivity index (χ4v) is 1.10. The second-order valence-electron chi connectivity index (χ2n) is 3.21. The lowest BCUT2D eigenvalue weighted by Gasteiger charge is -2.04. The molecule has 86 valence electrons. The molecule has 0 spiro atoms. The van der Waals surface area contributed by atoms with Crippen molar-refractivity contribution in [2.45, 2.75) is 19.4 Å². The summed E-state index contributed by atoms with van der Waals surface area (Å²) in [6.45, 7) is 0.226. The van der Waals surface area contributed by atoms with Gasteiger partial charge in [-0.2, -0.15) is 0 Å². The Balaban J connectivity index is 2.23. The van der Waals surface area contributed by atoms with E-state index in [0.29, 0.717) is 0 Å². The summed E-state index contributed by atoms with van der Waals surface area (Å²) in [6.07, 6.45) is 0.0833. The van der Waals surface area contributed by atoms with Crippen molar-refractivity contribution >= 4 is 11.9 Å². The maximum absolute atomic E-state index is 11.2. The third kappa shape index (κ3) is 4.56. The highest BCUT2D eigenvalue weighted by atomic mass is 16.5. The maximum atomic E-state index is 11.2. The molecular formula is C11H14N2O3. The van der Waals surface area contributed by atoms with Crippen LogP contribution in [0.25, 0.3) is 0 Å². The molecule has 0 unspecified atom stereocenters. The Morgan fingerprint density at radius 2 is 1.88 bits per heavy atom. The molecule has 0 aromatic heterocycles. The van der Waals surface area contributed by atoms with E-state index in [1.54, 1.807) is 0 Å². The summed E-state index contributed by atoms with van der Waals surface area (Å²) in [5, 5.41) is 0. The van der Waals surface area contributed by atoms with Gasteiger partial charge in [0.2, 0.25) is 5.91 Å². The number of hydrazine groups is 1. The molecule has 0 aliphatic carbocycles.